The first-order valence-corrected chi connectivity index (χ1v) is 8.50. The van der Waals surface area contributed by atoms with Crippen LogP contribution in [0.1, 0.15) is 18.4 Å². The van der Waals surface area contributed by atoms with E-state index in [2.05, 4.69) is 57.0 Å². The van der Waals surface area contributed by atoms with Crippen LogP contribution in [0.5, 0.6) is 0 Å². The fourth-order valence-electron chi connectivity index (χ4n) is 3.25. The summed E-state index contributed by atoms with van der Waals surface area (Å²) >= 11 is 0. The lowest BCUT2D eigenvalue weighted by Crippen LogP contribution is -2.26. The van der Waals surface area contributed by atoms with Gasteiger partial charge >= 0.3 is 0 Å². The van der Waals surface area contributed by atoms with Gasteiger partial charge < -0.3 is 5.32 Å². The van der Waals surface area contributed by atoms with E-state index in [1.165, 1.54) is 18.4 Å². The Morgan fingerprint density at radius 1 is 1.29 bits per heavy atom. The van der Waals surface area contributed by atoms with Gasteiger partial charge in [0.25, 0.3) is 0 Å². The van der Waals surface area contributed by atoms with Gasteiger partial charge in [-0.25, -0.2) is 9.13 Å². The Hall–Kier alpha value is -2.47. The lowest BCUT2D eigenvalue weighted by atomic mass is 10.1. The van der Waals surface area contributed by atoms with Crippen LogP contribution in [0.4, 0.5) is 0 Å². The first-order chi connectivity index (χ1) is 11.8. The third kappa shape index (κ3) is 3.38. The fourth-order valence-corrected chi connectivity index (χ4v) is 3.25. The van der Waals surface area contributed by atoms with E-state index >= 15 is 0 Å². The maximum atomic E-state index is 4.32. The van der Waals surface area contributed by atoms with Crippen LogP contribution in [0, 0.1) is 0 Å². The van der Waals surface area contributed by atoms with Crippen molar-refractivity contribution in [3.63, 3.8) is 0 Å². The molecule has 1 aromatic carbocycles. The van der Waals surface area contributed by atoms with Gasteiger partial charge in [-0.1, -0.05) is 29.5 Å². The summed E-state index contributed by atoms with van der Waals surface area (Å²) in [6, 6.07) is 9.10. The zero-order chi connectivity index (χ0) is 16.4. The van der Waals surface area contributed by atoms with Gasteiger partial charge in [0.2, 0.25) is 6.33 Å². The molecule has 0 aliphatic carbocycles. The molecule has 6 heteroatoms. The Balaban J connectivity index is 1.43. The minimum absolute atomic E-state index is 0.532. The van der Waals surface area contributed by atoms with Crippen molar-refractivity contribution in [1.82, 2.24) is 24.9 Å². The molecule has 1 aliphatic heterocycles. The van der Waals surface area contributed by atoms with Crippen molar-refractivity contribution < 1.29 is 4.57 Å². The second-order valence-electron chi connectivity index (χ2n) is 6.57. The van der Waals surface area contributed by atoms with Gasteiger partial charge in [0.05, 0.1) is 19.8 Å². The zero-order valence-electron chi connectivity index (χ0n) is 14.0. The first kappa shape index (κ1) is 15.1. The maximum absolute atomic E-state index is 4.32. The summed E-state index contributed by atoms with van der Waals surface area (Å²) in [5.41, 5.74) is 3.33. The van der Waals surface area contributed by atoms with Crippen LogP contribution in [0.15, 0.2) is 49.2 Å². The number of nitrogens with one attached hydrogen (secondary N) is 1. The molecule has 4 rings (SSSR count). The van der Waals surface area contributed by atoms with Crippen molar-refractivity contribution in [2.45, 2.75) is 32.0 Å². The Morgan fingerprint density at radius 3 is 2.88 bits per heavy atom. The normalized spacial score (nSPS) is 17.5. The molecule has 1 saturated heterocycles. The summed E-state index contributed by atoms with van der Waals surface area (Å²) in [6.45, 7) is 2.89. The van der Waals surface area contributed by atoms with E-state index in [0.29, 0.717) is 6.04 Å². The van der Waals surface area contributed by atoms with Crippen molar-refractivity contribution in [2.24, 2.45) is 7.05 Å². The summed E-state index contributed by atoms with van der Waals surface area (Å²) in [4.78, 5) is 0. The summed E-state index contributed by atoms with van der Waals surface area (Å²) in [7, 11) is 2.03. The summed E-state index contributed by atoms with van der Waals surface area (Å²) in [5.74, 6) is 0. The van der Waals surface area contributed by atoms with E-state index in [-0.39, 0.29) is 0 Å². The number of hydrogen-bond acceptors (Lipinski definition) is 3. The molecule has 1 aliphatic rings. The molecule has 1 N–H and O–H groups in total. The zero-order valence-corrected chi connectivity index (χ0v) is 14.0. The van der Waals surface area contributed by atoms with Crippen LogP contribution in [0.25, 0.3) is 11.3 Å². The van der Waals surface area contributed by atoms with Crippen molar-refractivity contribution in [3.05, 3.63) is 54.7 Å². The largest absolute Gasteiger partial charge is 0.312 e. The van der Waals surface area contributed by atoms with Gasteiger partial charge in [0.1, 0.15) is 24.6 Å². The molecule has 6 nitrogen and oxygen atoms in total. The van der Waals surface area contributed by atoms with Gasteiger partial charge in [-0.15, -0.1) is 5.10 Å². The van der Waals surface area contributed by atoms with Crippen LogP contribution < -0.4 is 9.88 Å². The highest BCUT2D eigenvalue weighted by Crippen LogP contribution is 2.18. The molecule has 0 radical (unpaired) electrons. The topological polar surface area (TPSA) is 51.5 Å². The van der Waals surface area contributed by atoms with Gasteiger partial charge in [0, 0.05) is 11.6 Å². The highest BCUT2D eigenvalue weighted by atomic mass is 15.4. The number of benzene rings is 1. The van der Waals surface area contributed by atoms with Crippen molar-refractivity contribution in [3.8, 4) is 11.3 Å². The SMILES string of the molecule is C[n+]1ccn(Cc2ccc(-c3cn(C[C@@H]4CCCN4)nn3)cc2)c1. The average Bonchev–Trinajstić information content (AvgIpc) is 3.32. The molecule has 1 fully saturated rings. The van der Waals surface area contributed by atoms with Gasteiger partial charge in [-0.3, -0.25) is 4.68 Å². The third-order valence-corrected chi connectivity index (χ3v) is 4.55. The molecule has 24 heavy (non-hydrogen) atoms. The predicted molar refractivity (Wildman–Crippen MR) is 91.2 cm³/mol. The molecular weight excluding hydrogens is 300 g/mol. The van der Waals surface area contributed by atoms with Crippen LogP contribution in [-0.2, 0) is 20.1 Å². The molecule has 0 saturated carbocycles. The molecule has 0 bridgehead atoms. The minimum Gasteiger partial charge on any atom is -0.312 e. The van der Waals surface area contributed by atoms with E-state index in [0.717, 1.165) is 30.9 Å². The van der Waals surface area contributed by atoms with E-state index in [1.54, 1.807) is 0 Å². The summed E-state index contributed by atoms with van der Waals surface area (Å²) in [6.07, 6.45) is 10.7. The smallest absolute Gasteiger partial charge is 0.243 e. The summed E-state index contributed by atoms with van der Waals surface area (Å²) in [5, 5.41) is 12.1. The second kappa shape index (κ2) is 6.57. The quantitative estimate of drug-likeness (QED) is 0.722. The highest BCUT2D eigenvalue weighted by Gasteiger charge is 2.15. The van der Waals surface area contributed by atoms with Gasteiger partial charge in [-0.05, 0) is 24.9 Å². The number of hydrogen-bond donors (Lipinski definition) is 1. The lowest BCUT2D eigenvalue weighted by Gasteiger charge is -2.08. The fraction of sp³-hybridized carbons (Fsp3) is 0.389. The molecule has 0 spiro atoms. The number of nitrogens with zero attached hydrogens (tertiary/aromatic N) is 5. The molecule has 1 atom stereocenters. The third-order valence-electron chi connectivity index (χ3n) is 4.55. The van der Waals surface area contributed by atoms with E-state index < -0.39 is 0 Å². The van der Waals surface area contributed by atoms with Crippen molar-refractivity contribution in [2.75, 3.05) is 6.54 Å². The van der Waals surface area contributed by atoms with Gasteiger partial charge in [0.15, 0.2) is 0 Å². The first-order valence-electron chi connectivity index (χ1n) is 8.50. The van der Waals surface area contributed by atoms with E-state index in [9.17, 15) is 0 Å². The minimum atomic E-state index is 0.532. The van der Waals surface area contributed by atoms with Crippen LogP contribution >= 0.6 is 0 Å². The highest BCUT2D eigenvalue weighted by molar-refractivity contribution is 5.57. The molecule has 3 heterocycles. The standard InChI is InChI=1S/C18H23N6/c1-22-9-10-23(14-22)11-15-4-6-16(7-5-15)18-13-24(21-20-18)12-17-3-2-8-19-17/h4-7,9-10,13-14,17,19H,2-3,8,11-12H2,1H3/q+1/t17-/m0/s1. The number of imidazole rings is 1. The average molecular weight is 323 g/mol. The second-order valence-corrected chi connectivity index (χ2v) is 6.57. The molecular formula is C18H23N6+. The Kier molecular flexibility index (Phi) is 4.13. The Morgan fingerprint density at radius 2 is 2.17 bits per heavy atom. The Bertz CT molecular complexity index is 795. The van der Waals surface area contributed by atoms with Gasteiger partial charge in [-0.2, -0.15) is 0 Å². The maximum Gasteiger partial charge on any atom is 0.243 e. The number of aryl methyl sites for hydroxylation is 1. The van der Waals surface area contributed by atoms with E-state index in [1.807, 2.05) is 28.7 Å². The lowest BCUT2D eigenvalue weighted by molar-refractivity contribution is -0.671. The van der Waals surface area contributed by atoms with Crippen LogP contribution in [-0.4, -0.2) is 32.1 Å². The van der Waals surface area contributed by atoms with E-state index in [4.69, 9.17) is 0 Å². The molecule has 124 valence electrons. The van der Waals surface area contributed by atoms with Crippen molar-refractivity contribution in [1.29, 1.82) is 0 Å². The molecule has 0 amide bonds. The van der Waals surface area contributed by atoms with Crippen LogP contribution in [0.3, 0.4) is 0 Å². The molecule has 2 aromatic heterocycles. The van der Waals surface area contributed by atoms with Crippen LogP contribution in [0.2, 0.25) is 0 Å². The molecule has 3 aromatic rings. The monoisotopic (exact) mass is 323 g/mol. The molecule has 0 unspecified atom stereocenters. The van der Waals surface area contributed by atoms with Crippen molar-refractivity contribution >= 4 is 0 Å². The number of rotatable bonds is 5. The Labute approximate surface area is 141 Å². The number of aromatic nitrogens is 5. The predicted octanol–water partition coefficient (Wildman–Crippen LogP) is 1.37. The summed E-state index contributed by atoms with van der Waals surface area (Å²) < 4.78 is 6.16.